The summed E-state index contributed by atoms with van der Waals surface area (Å²) in [5.74, 6) is 0.913. The van der Waals surface area contributed by atoms with E-state index in [4.69, 9.17) is 4.74 Å². The van der Waals surface area contributed by atoms with Crippen LogP contribution in [0, 0.1) is 11.8 Å². The Balaban J connectivity index is 1.59. The quantitative estimate of drug-likeness (QED) is 0.741. The molecule has 0 aromatic carbocycles. The highest BCUT2D eigenvalue weighted by atomic mass is 32.2. The maximum atomic E-state index is 12.7. The topological polar surface area (TPSA) is 79.0 Å². The van der Waals surface area contributed by atoms with Crippen LogP contribution in [-0.2, 0) is 19.6 Å². The maximum absolute atomic E-state index is 12.7. The first kappa shape index (κ1) is 18.1. The van der Waals surface area contributed by atoms with E-state index < -0.39 is 10.0 Å². The molecule has 4 unspecified atom stereocenters. The first-order valence-corrected chi connectivity index (χ1v) is 10.7. The maximum Gasteiger partial charge on any atom is 0.236 e. The number of sulfonamides is 1. The largest absolute Gasteiger partial charge is 0.373 e. The molecule has 3 fully saturated rings. The number of hydrogen-bond acceptors (Lipinski definition) is 5. The zero-order valence-corrected chi connectivity index (χ0v) is 15.6. The third-order valence-corrected chi connectivity index (χ3v) is 5.90. The van der Waals surface area contributed by atoms with Gasteiger partial charge in [0, 0.05) is 32.2 Å². The number of hydrogen-bond donors (Lipinski definition) is 1. The Labute approximate surface area is 144 Å². The second-order valence-electron chi connectivity index (χ2n) is 7.75. The van der Waals surface area contributed by atoms with E-state index >= 15 is 0 Å². The molecule has 8 heteroatoms. The normalized spacial score (nSPS) is 35.4. The van der Waals surface area contributed by atoms with Gasteiger partial charge in [0.1, 0.15) is 0 Å². The number of carbonyl (C=O) groups is 1. The molecule has 2 heterocycles. The fraction of sp³-hybridized carbons (Fsp3) is 0.938. The molecule has 3 aliphatic rings. The molecule has 2 saturated heterocycles. The van der Waals surface area contributed by atoms with E-state index in [0.29, 0.717) is 25.6 Å². The molecule has 7 nitrogen and oxygen atoms in total. The molecule has 0 radical (unpaired) electrons. The standard InChI is InChI=1S/C16H29N3O4S/c1-11-6-18(7-12(2)23-11)10-16(20)19-8-14(13-4-5-13)15(9-19)17-24(3,21)22/h11-15,17H,4-10H2,1-3H3. The summed E-state index contributed by atoms with van der Waals surface area (Å²) >= 11 is 0. The van der Waals surface area contributed by atoms with Gasteiger partial charge in [-0.25, -0.2) is 13.1 Å². The monoisotopic (exact) mass is 359 g/mol. The van der Waals surface area contributed by atoms with Crippen LogP contribution >= 0.6 is 0 Å². The molecule has 4 atom stereocenters. The van der Waals surface area contributed by atoms with Crippen LogP contribution < -0.4 is 4.72 Å². The highest BCUT2D eigenvalue weighted by Crippen LogP contribution is 2.41. The zero-order chi connectivity index (χ0) is 17.5. The lowest BCUT2D eigenvalue weighted by molar-refractivity contribution is -0.135. The highest BCUT2D eigenvalue weighted by Gasteiger charge is 2.44. The molecule has 138 valence electrons. The van der Waals surface area contributed by atoms with Crippen LogP contribution in [0.15, 0.2) is 0 Å². The van der Waals surface area contributed by atoms with Crippen LogP contribution in [0.3, 0.4) is 0 Å². The number of morpholine rings is 1. The zero-order valence-electron chi connectivity index (χ0n) is 14.8. The first-order valence-electron chi connectivity index (χ1n) is 8.84. The molecule has 24 heavy (non-hydrogen) atoms. The Morgan fingerprint density at radius 1 is 1.12 bits per heavy atom. The van der Waals surface area contributed by atoms with Crippen molar-refractivity contribution in [3.63, 3.8) is 0 Å². The number of rotatable bonds is 5. The fourth-order valence-corrected chi connectivity index (χ4v) is 4.94. The molecule has 0 aromatic rings. The minimum atomic E-state index is -3.25. The van der Waals surface area contributed by atoms with Crippen molar-refractivity contribution < 1.29 is 17.9 Å². The van der Waals surface area contributed by atoms with Gasteiger partial charge in [-0.15, -0.1) is 0 Å². The molecule has 0 spiro atoms. The first-order chi connectivity index (χ1) is 11.2. The summed E-state index contributed by atoms with van der Waals surface area (Å²) in [5.41, 5.74) is 0. The van der Waals surface area contributed by atoms with Gasteiger partial charge in [0.15, 0.2) is 0 Å². The fourth-order valence-electron chi connectivity index (χ4n) is 4.14. The minimum Gasteiger partial charge on any atom is -0.373 e. The van der Waals surface area contributed by atoms with Crippen molar-refractivity contribution in [2.75, 3.05) is 39.0 Å². The van der Waals surface area contributed by atoms with Gasteiger partial charge in [0.2, 0.25) is 15.9 Å². The van der Waals surface area contributed by atoms with Gasteiger partial charge in [-0.2, -0.15) is 0 Å². The molecule has 1 aliphatic carbocycles. The molecule has 1 N–H and O–H groups in total. The molecule has 1 saturated carbocycles. The van der Waals surface area contributed by atoms with Crippen LogP contribution in [0.1, 0.15) is 26.7 Å². The number of nitrogens with one attached hydrogen (secondary N) is 1. The van der Waals surface area contributed by atoms with Gasteiger partial charge in [-0.05, 0) is 38.5 Å². The number of carbonyl (C=O) groups excluding carboxylic acids is 1. The second-order valence-corrected chi connectivity index (χ2v) is 9.53. The van der Waals surface area contributed by atoms with Gasteiger partial charge in [0.25, 0.3) is 0 Å². The molecule has 0 aromatic heterocycles. The number of amides is 1. The van der Waals surface area contributed by atoms with Crippen LogP contribution in [0.2, 0.25) is 0 Å². The van der Waals surface area contributed by atoms with Crippen LogP contribution in [0.25, 0.3) is 0 Å². The minimum absolute atomic E-state index is 0.0970. The highest BCUT2D eigenvalue weighted by molar-refractivity contribution is 7.88. The Morgan fingerprint density at radius 3 is 2.29 bits per heavy atom. The second kappa shape index (κ2) is 6.90. The van der Waals surface area contributed by atoms with E-state index in [2.05, 4.69) is 9.62 Å². The molecule has 3 rings (SSSR count). The molecular weight excluding hydrogens is 330 g/mol. The van der Waals surface area contributed by atoms with Crippen molar-refractivity contribution >= 4 is 15.9 Å². The van der Waals surface area contributed by atoms with Crippen LogP contribution in [0.5, 0.6) is 0 Å². The Morgan fingerprint density at radius 2 is 1.75 bits per heavy atom. The predicted octanol–water partition coefficient (Wildman–Crippen LogP) is -0.118. The molecule has 2 aliphatic heterocycles. The van der Waals surface area contributed by atoms with Gasteiger partial charge >= 0.3 is 0 Å². The van der Waals surface area contributed by atoms with Crippen molar-refractivity contribution in [1.82, 2.24) is 14.5 Å². The Hall–Kier alpha value is -0.700. The SMILES string of the molecule is CC1CN(CC(=O)N2CC(NS(C)(=O)=O)C(C3CC3)C2)CC(C)O1. The van der Waals surface area contributed by atoms with E-state index in [1.807, 2.05) is 18.7 Å². The van der Waals surface area contributed by atoms with Crippen molar-refractivity contribution in [1.29, 1.82) is 0 Å². The number of nitrogens with zero attached hydrogens (tertiary/aromatic N) is 2. The Bertz CT molecular complexity index is 568. The lowest BCUT2D eigenvalue weighted by atomic mass is 9.99. The van der Waals surface area contributed by atoms with E-state index in [1.54, 1.807) is 0 Å². The van der Waals surface area contributed by atoms with Crippen molar-refractivity contribution in [3.8, 4) is 0 Å². The number of ether oxygens (including phenoxy) is 1. The lowest BCUT2D eigenvalue weighted by Gasteiger charge is -2.35. The molecule has 0 bridgehead atoms. The van der Waals surface area contributed by atoms with E-state index in [1.165, 1.54) is 6.26 Å². The van der Waals surface area contributed by atoms with E-state index in [-0.39, 0.29) is 30.1 Å². The van der Waals surface area contributed by atoms with Crippen LogP contribution in [-0.4, -0.2) is 81.4 Å². The summed E-state index contributed by atoms with van der Waals surface area (Å²) in [6.07, 6.45) is 3.76. The summed E-state index contributed by atoms with van der Waals surface area (Å²) in [4.78, 5) is 16.7. The van der Waals surface area contributed by atoms with Gasteiger partial charge in [0.05, 0.1) is 25.0 Å². The summed E-state index contributed by atoms with van der Waals surface area (Å²) in [7, 11) is -3.25. The summed E-state index contributed by atoms with van der Waals surface area (Å²) in [5, 5.41) is 0. The van der Waals surface area contributed by atoms with E-state index in [0.717, 1.165) is 25.9 Å². The van der Waals surface area contributed by atoms with Gasteiger partial charge < -0.3 is 9.64 Å². The lowest BCUT2D eigenvalue weighted by Crippen LogP contribution is -2.49. The van der Waals surface area contributed by atoms with Crippen molar-refractivity contribution in [3.05, 3.63) is 0 Å². The summed E-state index contributed by atoms with van der Waals surface area (Å²) in [6, 6.07) is -0.140. The predicted molar refractivity (Wildman–Crippen MR) is 91.0 cm³/mol. The van der Waals surface area contributed by atoms with Gasteiger partial charge in [-0.3, -0.25) is 9.69 Å². The third-order valence-electron chi connectivity index (χ3n) is 5.16. The van der Waals surface area contributed by atoms with Gasteiger partial charge in [-0.1, -0.05) is 0 Å². The Kier molecular flexibility index (Phi) is 5.20. The smallest absolute Gasteiger partial charge is 0.236 e. The average molecular weight is 359 g/mol. The number of likely N-dealkylation sites (tertiary alicyclic amines) is 1. The average Bonchev–Trinajstić information content (AvgIpc) is 3.18. The molecule has 1 amide bonds. The van der Waals surface area contributed by atoms with Crippen LogP contribution in [0.4, 0.5) is 0 Å². The van der Waals surface area contributed by atoms with E-state index in [9.17, 15) is 13.2 Å². The van der Waals surface area contributed by atoms with Crippen molar-refractivity contribution in [2.24, 2.45) is 11.8 Å². The molecular formula is C16H29N3O4S. The summed E-state index contributed by atoms with van der Waals surface area (Å²) < 4.78 is 31.7. The van der Waals surface area contributed by atoms with Crippen molar-refractivity contribution in [2.45, 2.75) is 44.9 Å². The summed E-state index contributed by atoms with van der Waals surface area (Å²) in [6.45, 7) is 7.13. The third kappa shape index (κ3) is 4.68.